The van der Waals surface area contributed by atoms with Crippen LogP contribution in [0.2, 0.25) is 0 Å². The molecule has 1 aromatic carbocycles. The third kappa shape index (κ3) is 2.98. The van der Waals surface area contributed by atoms with Crippen LogP contribution in [0.1, 0.15) is 31.9 Å². The molecule has 0 spiro atoms. The molecule has 1 aromatic heterocycles. The number of aliphatic hydroxyl groups excluding tert-OH is 1. The number of halogens is 4. The molecule has 2 aromatic rings. The molecule has 3 nitrogen and oxygen atoms in total. The van der Waals surface area contributed by atoms with Gasteiger partial charge in [-0.1, -0.05) is 12.5 Å². The number of aliphatic hydroxyl groups is 1. The lowest BCUT2D eigenvalue weighted by Crippen LogP contribution is -2.49. The predicted molar refractivity (Wildman–Crippen MR) is 93.1 cm³/mol. The van der Waals surface area contributed by atoms with Crippen LogP contribution in [0.4, 0.5) is 17.6 Å². The van der Waals surface area contributed by atoms with Crippen LogP contribution in [0.3, 0.4) is 0 Å². The Kier molecular flexibility index (Phi) is 4.18. The second-order valence-electron chi connectivity index (χ2n) is 7.69. The molecule has 0 amide bonds. The molecule has 1 saturated carbocycles. The molecule has 7 heteroatoms. The lowest BCUT2D eigenvalue weighted by atomic mass is 9.61. The smallest absolute Gasteiger partial charge is 0.383 e. The van der Waals surface area contributed by atoms with Gasteiger partial charge >= 0.3 is 6.18 Å². The first-order chi connectivity index (χ1) is 12.7. The fourth-order valence-electron chi connectivity index (χ4n) is 4.56. The van der Waals surface area contributed by atoms with E-state index in [2.05, 4.69) is 4.98 Å². The Hall–Kier alpha value is -2.15. The second-order valence-corrected chi connectivity index (χ2v) is 7.69. The van der Waals surface area contributed by atoms with Crippen molar-refractivity contribution in [3.05, 3.63) is 47.7 Å². The van der Waals surface area contributed by atoms with Gasteiger partial charge in [-0.2, -0.15) is 13.2 Å². The van der Waals surface area contributed by atoms with Crippen LogP contribution < -0.4 is 0 Å². The molecule has 2 aliphatic rings. The summed E-state index contributed by atoms with van der Waals surface area (Å²) in [6.45, 7) is 2.14. The van der Waals surface area contributed by atoms with E-state index in [1.807, 2.05) is 10.6 Å². The van der Waals surface area contributed by atoms with Gasteiger partial charge in [-0.25, -0.2) is 9.37 Å². The number of fused-ring (bicyclic) bond motifs is 2. The van der Waals surface area contributed by atoms with Crippen LogP contribution in [0, 0.1) is 17.2 Å². The highest BCUT2D eigenvalue weighted by molar-refractivity contribution is 5.72. The first-order valence-electron chi connectivity index (χ1n) is 8.97. The SMILES string of the molecule is C[C@]12Cn3cnc(-c4ccc(F)cc4)c3C=C1CCC[C@@H]2C(O)C(F)(F)F. The van der Waals surface area contributed by atoms with Gasteiger partial charge in [0.2, 0.25) is 0 Å². The zero-order valence-corrected chi connectivity index (χ0v) is 14.8. The summed E-state index contributed by atoms with van der Waals surface area (Å²) < 4.78 is 54.6. The topological polar surface area (TPSA) is 38.0 Å². The van der Waals surface area contributed by atoms with E-state index in [4.69, 9.17) is 0 Å². The average Bonchev–Trinajstić information content (AvgIpc) is 3.00. The summed E-state index contributed by atoms with van der Waals surface area (Å²) in [7, 11) is 0. The van der Waals surface area contributed by atoms with Crippen molar-refractivity contribution in [3.8, 4) is 11.3 Å². The first kappa shape index (κ1) is 18.2. The summed E-state index contributed by atoms with van der Waals surface area (Å²) in [6, 6.07) is 6.00. The number of aromatic nitrogens is 2. The predicted octanol–water partition coefficient (Wildman–Crippen LogP) is 4.82. The Balaban J connectivity index is 1.74. The van der Waals surface area contributed by atoms with Crippen molar-refractivity contribution in [2.75, 3.05) is 0 Å². The van der Waals surface area contributed by atoms with Crippen LogP contribution in [-0.4, -0.2) is 26.9 Å². The Morgan fingerprint density at radius 1 is 1.26 bits per heavy atom. The van der Waals surface area contributed by atoms with Gasteiger partial charge in [0.1, 0.15) is 5.82 Å². The maximum atomic E-state index is 13.2. The van der Waals surface area contributed by atoms with Crippen LogP contribution in [0.25, 0.3) is 17.3 Å². The summed E-state index contributed by atoms with van der Waals surface area (Å²) in [5, 5.41) is 9.96. The number of allylic oxidation sites excluding steroid dienone is 1. The fraction of sp³-hybridized carbons (Fsp3) is 0.450. The fourth-order valence-corrected chi connectivity index (χ4v) is 4.56. The van der Waals surface area contributed by atoms with Crippen molar-refractivity contribution < 1.29 is 22.7 Å². The van der Waals surface area contributed by atoms with E-state index in [0.717, 1.165) is 16.8 Å². The molecule has 1 unspecified atom stereocenters. The van der Waals surface area contributed by atoms with Crippen molar-refractivity contribution in [3.63, 3.8) is 0 Å². The highest BCUT2D eigenvalue weighted by atomic mass is 19.4. The molecule has 1 aliphatic heterocycles. The summed E-state index contributed by atoms with van der Waals surface area (Å²) in [6.07, 6.45) is -1.81. The minimum absolute atomic E-state index is 0.334. The van der Waals surface area contributed by atoms with Crippen molar-refractivity contribution >= 4 is 6.08 Å². The van der Waals surface area contributed by atoms with E-state index in [1.54, 1.807) is 25.4 Å². The minimum Gasteiger partial charge on any atom is -0.383 e. The summed E-state index contributed by atoms with van der Waals surface area (Å²) in [4.78, 5) is 4.42. The molecule has 3 atom stereocenters. The molecule has 0 bridgehead atoms. The lowest BCUT2D eigenvalue weighted by molar-refractivity contribution is -0.232. The summed E-state index contributed by atoms with van der Waals surface area (Å²) in [5.41, 5.74) is 2.40. The number of rotatable bonds is 2. The van der Waals surface area contributed by atoms with Gasteiger partial charge in [-0.05, 0) is 49.6 Å². The molecular weight excluding hydrogens is 360 g/mol. The summed E-state index contributed by atoms with van der Waals surface area (Å²) in [5.74, 6) is -1.23. The highest BCUT2D eigenvalue weighted by Crippen LogP contribution is 2.53. The Morgan fingerprint density at radius 2 is 1.96 bits per heavy atom. The van der Waals surface area contributed by atoms with E-state index in [0.29, 0.717) is 31.5 Å². The van der Waals surface area contributed by atoms with Gasteiger partial charge in [-0.15, -0.1) is 0 Å². The van der Waals surface area contributed by atoms with Crippen LogP contribution in [0.15, 0.2) is 36.2 Å². The monoisotopic (exact) mass is 380 g/mol. The third-order valence-corrected chi connectivity index (χ3v) is 6.04. The zero-order chi connectivity index (χ0) is 19.4. The standard InChI is InChI=1S/C20H20F4N2O/c1-19-10-26-11-25-17(12-5-7-14(21)8-6-12)16(26)9-13(19)3-2-4-15(19)18(27)20(22,23)24/h5-9,11,15,18,27H,2-4,10H2,1H3/t15-,18?,19+/m1/s1. The first-order valence-corrected chi connectivity index (χ1v) is 8.97. The number of hydrogen-bond donors (Lipinski definition) is 1. The average molecular weight is 380 g/mol. The second kappa shape index (κ2) is 6.19. The largest absolute Gasteiger partial charge is 0.414 e. The van der Waals surface area contributed by atoms with Crippen molar-refractivity contribution in [2.24, 2.45) is 11.3 Å². The van der Waals surface area contributed by atoms with Gasteiger partial charge in [0.15, 0.2) is 6.10 Å². The maximum Gasteiger partial charge on any atom is 0.414 e. The van der Waals surface area contributed by atoms with Gasteiger partial charge < -0.3 is 9.67 Å². The molecule has 1 N–H and O–H groups in total. The van der Waals surface area contributed by atoms with Crippen LogP contribution in [0.5, 0.6) is 0 Å². The summed E-state index contributed by atoms with van der Waals surface area (Å²) >= 11 is 0. The van der Waals surface area contributed by atoms with Crippen molar-refractivity contribution in [2.45, 2.75) is 45.0 Å². The number of hydrogen-bond acceptors (Lipinski definition) is 2. The molecule has 0 radical (unpaired) electrons. The Morgan fingerprint density at radius 3 is 2.63 bits per heavy atom. The van der Waals surface area contributed by atoms with Gasteiger partial charge in [0, 0.05) is 23.4 Å². The van der Waals surface area contributed by atoms with E-state index in [1.165, 1.54) is 12.1 Å². The van der Waals surface area contributed by atoms with Gasteiger partial charge in [0.25, 0.3) is 0 Å². The normalized spacial score (nSPS) is 26.1. The molecular formula is C20H20F4N2O. The van der Waals surface area contributed by atoms with E-state index >= 15 is 0 Å². The number of nitrogens with zero attached hydrogens (tertiary/aromatic N) is 2. The molecule has 4 rings (SSSR count). The highest BCUT2D eigenvalue weighted by Gasteiger charge is 2.53. The molecule has 144 valence electrons. The molecule has 27 heavy (non-hydrogen) atoms. The van der Waals surface area contributed by atoms with E-state index in [-0.39, 0.29) is 5.82 Å². The van der Waals surface area contributed by atoms with Crippen LogP contribution in [-0.2, 0) is 6.54 Å². The minimum atomic E-state index is -4.63. The molecule has 1 fully saturated rings. The van der Waals surface area contributed by atoms with E-state index in [9.17, 15) is 22.7 Å². The van der Waals surface area contributed by atoms with Crippen molar-refractivity contribution in [1.82, 2.24) is 9.55 Å². The molecule has 0 saturated heterocycles. The molecule has 1 aliphatic carbocycles. The number of imidazole rings is 1. The number of benzene rings is 1. The third-order valence-electron chi connectivity index (χ3n) is 6.04. The zero-order valence-electron chi connectivity index (χ0n) is 14.8. The quantitative estimate of drug-likeness (QED) is 0.759. The van der Waals surface area contributed by atoms with Gasteiger partial charge in [-0.3, -0.25) is 0 Å². The Bertz CT molecular complexity index is 884. The lowest BCUT2D eigenvalue weighted by Gasteiger charge is -2.48. The van der Waals surface area contributed by atoms with Gasteiger partial charge in [0.05, 0.1) is 17.7 Å². The van der Waals surface area contributed by atoms with E-state index < -0.39 is 23.6 Å². The van der Waals surface area contributed by atoms with Crippen LogP contribution >= 0.6 is 0 Å². The number of alkyl halides is 3. The maximum absolute atomic E-state index is 13.2. The Labute approximate surface area is 154 Å². The molecule has 2 heterocycles. The van der Waals surface area contributed by atoms with Crippen molar-refractivity contribution in [1.29, 1.82) is 0 Å².